The van der Waals surface area contributed by atoms with Gasteiger partial charge < -0.3 is 9.80 Å². The first kappa shape index (κ1) is 18.6. The maximum absolute atomic E-state index is 12.8. The topological polar surface area (TPSA) is 74.8 Å². The number of nitrogens with zero attached hydrogens (tertiary/aromatic N) is 2. The second kappa shape index (κ2) is 7.90. The van der Waals surface area contributed by atoms with Gasteiger partial charge in [0.25, 0.3) is 0 Å². The molecule has 24 heavy (non-hydrogen) atoms. The predicted octanol–water partition coefficient (Wildman–Crippen LogP) is 1.56. The Kier molecular flexibility index (Phi) is 6.13. The van der Waals surface area contributed by atoms with Crippen molar-refractivity contribution >= 4 is 23.4 Å². The van der Waals surface area contributed by atoms with Crippen LogP contribution in [0.3, 0.4) is 0 Å². The SMILES string of the molecule is CC(=O)[C@@H]1CCCN1C(=O)[C@@H]1CCCN1C(=O)CCC(=O)C(C)C. The lowest BCUT2D eigenvalue weighted by Crippen LogP contribution is -2.50. The Hall–Kier alpha value is -1.72. The van der Waals surface area contributed by atoms with Crippen LogP contribution in [0.15, 0.2) is 0 Å². The molecule has 0 N–H and O–H groups in total. The average molecular weight is 336 g/mol. The Morgan fingerprint density at radius 3 is 2.08 bits per heavy atom. The minimum absolute atomic E-state index is 0.0132. The molecule has 0 spiro atoms. The fourth-order valence-corrected chi connectivity index (χ4v) is 3.63. The lowest BCUT2D eigenvalue weighted by Gasteiger charge is -2.30. The summed E-state index contributed by atoms with van der Waals surface area (Å²) in [6, 6.07) is -0.802. The fourth-order valence-electron chi connectivity index (χ4n) is 3.63. The van der Waals surface area contributed by atoms with E-state index < -0.39 is 6.04 Å². The highest BCUT2D eigenvalue weighted by atomic mass is 16.2. The summed E-state index contributed by atoms with van der Waals surface area (Å²) in [5.74, 6) is -0.220. The van der Waals surface area contributed by atoms with Crippen molar-refractivity contribution < 1.29 is 19.2 Å². The molecule has 2 atom stereocenters. The van der Waals surface area contributed by atoms with Gasteiger partial charge in [0.1, 0.15) is 11.8 Å². The van der Waals surface area contributed by atoms with E-state index >= 15 is 0 Å². The summed E-state index contributed by atoms with van der Waals surface area (Å²) >= 11 is 0. The fraction of sp³-hybridized carbons (Fsp3) is 0.778. The molecule has 0 aromatic heterocycles. The Bertz CT molecular complexity index is 529. The summed E-state index contributed by atoms with van der Waals surface area (Å²) < 4.78 is 0. The van der Waals surface area contributed by atoms with E-state index in [-0.39, 0.29) is 48.2 Å². The summed E-state index contributed by atoms with van der Waals surface area (Å²) in [6.45, 7) is 6.32. The lowest BCUT2D eigenvalue weighted by atomic mass is 10.0. The van der Waals surface area contributed by atoms with Crippen molar-refractivity contribution in [2.24, 2.45) is 5.92 Å². The predicted molar refractivity (Wildman–Crippen MR) is 89.2 cm³/mol. The Morgan fingerprint density at radius 1 is 0.917 bits per heavy atom. The van der Waals surface area contributed by atoms with Crippen LogP contribution in [0.1, 0.15) is 59.3 Å². The third kappa shape index (κ3) is 4.02. The summed E-state index contributed by atoms with van der Waals surface area (Å²) in [5, 5.41) is 0. The molecule has 0 aliphatic carbocycles. The van der Waals surface area contributed by atoms with E-state index in [2.05, 4.69) is 0 Å². The van der Waals surface area contributed by atoms with E-state index in [0.717, 1.165) is 12.8 Å². The van der Waals surface area contributed by atoms with E-state index in [1.807, 2.05) is 13.8 Å². The van der Waals surface area contributed by atoms with Crippen LogP contribution in [0.25, 0.3) is 0 Å². The summed E-state index contributed by atoms with van der Waals surface area (Å²) in [5.41, 5.74) is 0. The largest absolute Gasteiger partial charge is 0.331 e. The van der Waals surface area contributed by atoms with Gasteiger partial charge in [0.15, 0.2) is 5.78 Å². The molecular formula is C18H28N2O4. The molecule has 2 rings (SSSR count). The van der Waals surface area contributed by atoms with Crippen LogP contribution in [0.2, 0.25) is 0 Å². The molecular weight excluding hydrogens is 308 g/mol. The van der Waals surface area contributed by atoms with E-state index in [1.165, 1.54) is 6.92 Å². The molecule has 2 amide bonds. The third-order valence-electron chi connectivity index (χ3n) is 5.09. The van der Waals surface area contributed by atoms with Crippen molar-refractivity contribution in [1.29, 1.82) is 0 Å². The number of amides is 2. The second-order valence-electron chi connectivity index (χ2n) is 7.17. The smallest absolute Gasteiger partial charge is 0.245 e. The quantitative estimate of drug-likeness (QED) is 0.738. The first-order valence-electron chi connectivity index (χ1n) is 8.96. The van der Waals surface area contributed by atoms with Crippen LogP contribution < -0.4 is 0 Å². The summed E-state index contributed by atoms with van der Waals surface area (Å²) in [6.07, 6.45) is 3.37. The van der Waals surface area contributed by atoms with E-state index in [4.69, 9.17) is 0 Å². The van der Waals surface area contributed by atoms with E-state index in [0.29, 0.717) is 25.9 Å². The molecule has 2 fully saturated rings. The van der Waals surface area contributed by atoms with Crippen LogP contribution >= 0.6 is 0 Å². The van der Waals surface area contributed by atoms with Crippen molar-refractivity contribution in [1.82, 2.24) is 9.80 Å². The molecule has 6 nitrogen and oxygen atoms in total. The maximum Gasteiger partial charge on any atom is 0.245 e. The number of carbonyl (C=O) groups excluding carboxylic acids is 4. The van der Waals surface area contributed by atoms with Crippen LogP contribution in [0, 0.1) is 5.92 Å². The highest BCUT2D eigenvalue weighted by Crippen LogP contribution is 2.26. The summed E-state index contributed by atoms with van der Waals surface area (Å²) in [7, 11) is 0. The van der Waals surface area contributed by atoms with Crippen molar-refractivity contribution in [2.45, 2.75) is 71.4 Å². The molecule has 0 radical (unpaired) electrons. The highest BCUT2D eigenvalue weighted by Gasteiger charge is 2.40. The molecule has 0 unspecified atom stereocenters. The first-order chi connectivity index (χ1) is 11.3. The maximum atomic E-state index is 12.8. The number of hydrogen-bond acceptors (Lipinski definition) is 4. The zero-order valence-electron chi connectivity index (χ0n) is 14.9. The standard InChI is InChI=1S/C18H28N2O4/c1-12(2)16(22)8-9-17(23)19-10-5-7-15(19)18(24)20-11-4-6-14(20)13(3)21/h12,14-15H,4-11H2,1-3H3/t14-,15-/m0/s1. The van der Waals surface area contributed by atoms with E-state index in [1.54, 1.807) is 9.80 Å². The normalized spacial score (nSPS) is 23.8. The van der Waals surface area contributed by atoms with Gasteiger partial charge in [-0.25, -0.2) is 0 Å². The number of carbonyl (C=O) groups is 4. The van der Waals surface area contributed by atoms with Gasteiger partial charge in [-0.3, -0.25) is 19.2 Å². The molecule has 0 bridgehead atoms. The van der Waals surface area contributed by atoms with Gasteiger partial charge in [-0.15, -0.1) is 0 Å². The minimum atomic E-state index is -0.466. The van der Waals surface area contributed by atoms with Crippen LogP contribution in [0.5, 0.6) is 0 Å². The number of rotatable bonds is 6. The van der Waals surface area contributed by atoms with Crippen molar-refractivity contribution in [3.05, 3.63) is 0 Å². The first-order valence-corrected chi connectivity index (χ1v) is 8.96. The van der Waals surface area contributed by atoms with Gasteiger partial charge in [0.2, 0.25) is 11.8 Å². The Labute approximate surface area is 143 Å². The van der Waals surface area contributed by atoms with Crippen molar-refractivity contribution in [3.63, 3.8) is 0 Å². The van der Waals surface area contributed by atoms with Gasteiger partial charge in [-0.05, 0) is 32.6 Å². The molecule has 134 valence electrons. The zero-order chi connectivity index (χ0) is 17.9. The van der Waals surface area contributed by atoms with Crippen LogP contribution in [0.4, 0.5) is 0 Å². The van der Waals surface area contributed by atoms with Gasteiger partial charge in [-0.1, -0.05) is 13.8 Å². The average Bonchev–Trinajstić information content (AvgIpc) is 3.19. The van der Waals surface area contributed by atoms with Crippen molar-refractivity contribution in [2.75, 3.05) is 13.1 Å². The van der Waals surface area contributed by atoms with Gasteiger partial charge in [0.05, 0.1) is 6.04 Å². The lowest BCUT2D eigenvalue weighted by molar-refractivity contribution is -0.146. The van der Waals surface area contributed by atoms with Gasteiger partial charge >= 0.3 is 0 Å². The second-order valence-corrected chi connectivity index (χ2v) is 7.17. The highest BCUT2D eigenvalue weighted by molar-refractivity contribution is 5.93. The molecule has 2 heterocycles. The molecule has 2 saturated heterocycles. The Morgan fingerprint density at radius 2 is 1.50 bits per heavy atom. The van der Waals surface area contributed by atoms with E-state index in [9.17, 15) is 19.2 Å². The number of ketones is 2. The Balaban J connectivity index is 1.99. The van der Waals surface area contributed by atoms with Gasteiger partial charge in [0, 0.05) is 31.8 Å². The third-order valence-corrected chi connectivity index (χ3v) is 5.09. The monoisotopic (exact) mass is 336 g/mol. The van der Waals surface area contributed by atoms with Crippen LogP contribution in [-0.2, 0) is 19.2 Å². The number of hydrogen-bond donors (Lipinski definition) is 0. The molecule has 0 saturated carbocycles. The zero-order valence-corrected chi connectivity index (χ0v) is 14.9. The van der Waals surface area contributed by atoms with Crippen molar-refractivity contribution in [3.8, 4) is 0 Å². The molecule has 2 aliphatic rings. The number of Topliss-reactive ketones (excluding diaryl/α,β-unsaturated/α-hetero) is 2. The molecule has 0 aromatic rings. The summed E-state index contributed by atoms with van der Waals surface area (Å²) in [4.78, 5) is 52.0. The molecule has 0 aromatic carbocycles. The minimum Gasteiger partial charge on any atom is -0.331 e. The molecule has 2 aliphatic heterocycles. The van der Waals surface area contributed by atoms with Gasteiger partial charge in [-0.2, -0.15) is 0 Å². The number of likely N-dealkylation sites (tertiary alicyclic amines) is 2. The molecule has 6 heteroatoms. The van der Waals surface area contributed by atoms with Crippen LogP contribution in [-0.4, -0.2) is 58.4 Å².